The molecule has 0 aromatic heterocycles. The highest BCUT2D eigenvalue weighted by molar-refractivity contribution is 6.31. The number of aromatic hydroxyl groups is 1. The predicted molar refractivity (Wildman–Crippen MR) is 48.5 cm³/mol. The number of hydrogen-bond acceptors (Lipinski definition) is 2. The number of aliphatic hydroxyl groups excluding tert-OH is 1. The van der Waals surface area contributed by atoms with Gasteiger partial charge in [-0.25, -0.2) is 0 Å². The second kappa shape index (κ2) is 3.33. The third kappa shape index (κ3) is 1.54. The summed E-state index contributed by atoms with van der Waals surface area (Å²) in [5.41, 5.74) is 1.12. The molecule has 0 saturated heterocycles. The van der Waals surface area contributed by atoms with E-state index in [1.807, 2.05) is 0 Å². The summed E-state index contributed by atoms with van der Waals surface area (Å²) in [7, 11) is 0. The molecular weight excluding hydrogens is 176 g/mol. The maximum Gasteiger partial charge on any atom is 0.125 e. The van der Waals surface area contributed by atoms with Crippen LogP contribution < -0.4 is 0 Å². The Morgan fingerprint density at radius 3 is 2.42 bits per heavy atom. The summed E-state index contributed by atoms with van der Waals surface area (Å²) < 4.78 is 0. The summed E-state index contributed by atoms with van der Waals surface area (Å²) in [5, 5.41) is 19.2. The molecule has 12 heavy (non-hydrogen) atoms. The van der Waals surface area contributed by atoms with Crippen LogP contribution in [-0.2, 0) is 0 Å². The fraction of sp³-hybridized carbons (Fsp3) is 0.333. The van der Waals surface area contributed by atoms with Gasteiger partial charge in [-0.3, -0.25) is 0 Å². The first-order valence-electron chi connectivity index (χ1n) is 3.70. The van der Waals surface area contributed by atoms with Gasteiger partial charge in [-0.15, -0.1) is 0 Å². The maximum absolute atomic E-state index is 9.50. The Morgan fingerprint density at radius 1 is 1.42 bits per heavy atom. The van der Waals surface area contributed by atoms with E-state index in [0.29, 0.717) is 10.6 Å². The van der Waals surface area contributed by atoms with Gasteiger partial charge in [0.05, 0.1) is 11.1 Å². The van der Waals surface area contributed by atoms with Crippen LogP contribution in [-0.4, -0.2) is 10.2 Å². The first-order valence-corrected chi connectivity index (χ1v) is 4.08. The van der Waals surface area contributed by atoms with E-state index in [-0.39, 0.29) is 5.75 Å². The van der Waals surface area contributed by atoms with Gasteiger partial charge in [0, 0.05) is 5.56 Å². The van der Waals surface area contributed by atoms with Gasteiger partial charge >= 0.3 is 0 Å². The van der Waals surface area contributed by atoms with Crippen LogP contribution in [0.5, 0.6) is 5.75 Å². The molecule has 3 heteroatoms. The molecule has 66 valence electrons. The van der Waals surface area contributed by atoms with Gasteiger partial charge in [0.25, 0.3) is 0 Å². The number of hydrogen-bond donors (Lipinski definition) is 2. The summed E-state index contributed by atoms with van der Waals surface area (Å²) in [5.74, 6) is 0.0810. The van der Waals surface area contributed by atoms with Crippen LogP contribution in [0.3, 0.4) is 0 Å². The molecule has 0 radical (unpaired) electrons. The Bertz CT molecular complexity index is 295. The van der Waals surface area contributed by atoms with E-state index in [0.717, 1.165) is 5.56 Å². The molecule has 1 rings (SSSR count). The molecule has 1 unspecified atom stereocenters. The summed E-state index contributed by atoms with van der Waals surface area (Å²) in [6.45, 7) is 3.33. The fourth-order valence-corrected chi connectivity index (χ4v) is 1.40. The Balaban J connectivity index is 3.33. The molecule has 0 aliphatic rings. The normalized spacial score (nSPS) is 13.0. The van der Waals surface area contributed by atoms with Crippen LogP contribution in [0.15, 0.2) is 12.1 Å². The lowest BCUT2D eigenvalue weighted by Gasteiger charge is -2.11. The molecule has 0 bridgehead atoms. The van der Waals surface area contributed by atoms with Crippen LogP contribution in [0.4, 0.5) is 0 Å². The number of aliphatic hydroxyl groups is 1. The fourth-order valence-electron chi connectivity index (χ4n) is 1.09. The zero-order valence-corrected chi connectivity index (χ0v) is 7.76. The van der Waals surface area contributed by atoms with Gasteiger partial charge in [-0.2, -0.15) is 0 Å². The maximum atomic E-state index is 9.50. The lowest BCUT2D eigenvalue weighted by molar-refractivity contribution is 0.195. The number of phenols is 1. The van der Waals surface area contributed by atoms with Crippen molar-refractivity contribution in [2.45, 2.75) is 20.0 Å². The molecule has 0 fully saturated rings. The highest BCUT2D eigenvalue weighted by atomic mass is 35.5. The number of phenolic OH excluding ortho intramolecular Hbond substituents is 1. The molecule has 0 heterocycles. The van der Waals surface area contributed by atoms with Crippen molar-refractivity contribution in [1.82, 2.24) is 0 Å². The lowest BCUT2D eigenvalue weighted by Crippen LogP contribution is -1.94. The minimum Gasteiger partial charge on any atom is -0.507 e. The first kappa shape index (κ1) is 9.36. The molecule has 0 aliphatic carbocycles. The van der Waals surface area contributed by atoms with E-state index in [1.165, 1.54) is 0 Å². The van der Waals surface area contributed by atoms with Gasteiger partial charge in [0.2, 0.25) is 0 Å². The Kier molecular flexibility index (Phi) is 2.60. The van der Waals surface area contributed by atoms with Gasteiger partial charge in [-0.1, -0.05) is 17.7 Å². The second-order valence-corrected chi connectivity index (χ2v) is 3.21. The lowest BCUT2D eigenvalue weighted by atomic mass is 10.1. The Labute approximate surface area is 76.4 Å². The monoisotopic (exact) mass is 186 g/mol. The zero-order valence-electron chi connectivity index (χ0n) is 7.00. The molecular formula is C9H11ClO2. The van der Waals surface area contributed by atoms with Crippen molar-refractivity contribution in [2.24, 2.45) is 0 Å². The molecule has 2 N–H and O–H groups in total. The van der Waals surface area contributed by atoms with Crippen molar-refractivity contribution >= 4 is 11.6 Å². The highest BCUT2D eigenvalue weighted by Gasteiger charge is 2.13. The van der Waals surface area contributed by atoms with Crippen LogP contribution in [0.1, 0.15) is 24.2 Å². The smallest absolute Gasteiger partial charge is 0.125 e. The second-order valence-electron chi connectivity index (χ2n) is 2.80. The summed E-state index contributed by atoms with van der Waals surface area (Å²) >= 11 is 5.78. The minimum atomic E-state index is -0.739. The first-order chi connectivity index (χ1) is 5.54. The van der Waals surface area contributed by atoms with Crippen molar-refractivity contribution in [2.75, 3.05) is 0 Å². The average Bonchev–Trinajstić information content (AvgIpc) is 1.97. The summed E-state index contributed by atoms with van der Waals surface area (Å²) in [4.78, 5) is 0. The highest BCUT2D eigenvalue weighted by Crippen LogP contribution is 2.33. The molecule has 1 aromatic carbocycles. The zero-order chi connectivity index (χ0) is 9.30. The SMILES string of the molecule is Cc1ccc(Cl)c(C(C)O)c1O. The molecule has 2 nitrogen and oxygen atoms in total. The molecule has 1 atom stereocenters. The van der Waals surface area contributed by atoms with E-state index in [2.05, 4.69) is 0 Å². The van der Waals surface area contributed by atoms with E-state index in [4.69, 9.17) is 11.6 Å². The Morgan fingerprint density at radius 2 is 2.00 bits per heavy atom. The standard InChI is InChI=1S/C9H11ClO2/c1-5-3-4-7(10)8(6(2)11)9(5)12/h3-4,6,11-12H,1-2H3. The van der Waals surface area contributed by atoms with Crippen LogP contribution in [0, 0.1) is 6.92 Å². The van der Waals surface area contributed by atoms with E-state index in [9.17, 15) is 10.2 Å². The van der Waals surface area contributed by atoms with Crippen molar-refractivity contribution < 1.29 is 10.2 Å². The van der Waals surface area contributed by atoms with E-state index in [1.54, 1.807) is 26.0 Å². The topological polar surface area (TPSA) is 40.5 Å². The third-order valence-electron chi connectivity index (χ3n) is 1.78. The predicted octanol–water partition coefficient (Wildman–Crippen LogP) is 2.41. The molecule has 0 amide bonds. The summed E-state index contributed by atoms with van der Waals surface area (Å²) in [6.07, 6.45) is -0.739. The van der Waals surface area contributed by atoms with Crippen LogP contribution in [0.25, 0.3) is 0 Å². The van der Waals surface area contributed by atoms with Gasteiger partial charge in [0.1, 0.15) is 5.75 Å². The van der Waals surface area contributed by atoms with Crippen molar-refractivity contribution in [1.29, 1.82) is 0 Å². The summed E-state index contributed by atoms with van der Waals surface area (Å²) in [6, 6.07) is 3.38. The van der Waals surface area contributed by atoms with Crippen molar-refractivity contribution in [3.05, 3.63) is 28.3 Å². The Hall–Kier alpha value is -0.730. The largest absolute Gasteiger partial charge is 0.507 e. The molecule has 0 spiro atoms. The van der Waals surface area contributed by atoms with Gasteiger partial charge in [-0.05, 0) is 25.5 Å². The van der Waals surface area contributed by atoms with Crippen molar-refractivity contribution in [3.8, 4) is 5.75 Å². The number of benzene rings is 1. The van der Waals surface area contributed by atoms with E-state index >= 15 is 0 Å². The number of rotatable bonds is 1. The minimum absolute atomic E-state index is 0.0810. The number of halogens is 1. The van der Waals surface area contributed by atoms with Gasteiger partial charge in [0.15, 0.2) is 0 Å². The van der Waals surface area contributed by atoms with Crippen LogP contribution >= 0.6 is 11.6 Å². The average molecular weight is 187 g/mol. The number of aryl methyl sites for hydroxylation is 1. The van der Waals surface area contributed by atoms with Crippen LogP contribution in [0.2, 0.25) is 5.02 Å². The van der Waals surface area contributed by atoms with E-state index < -0.39 is 6.10 Å². The quantitative estimate of drug-likeness (QED) is 0.707. The molecule has 0 saturated carbocycles. The molecule has 0 aliphatic heterocycles. The molecule has 1 aromatic rings. The van der Waals surface area contributed by atoms with Gasteiger partial charge < -0.3 is 10.2 Å². The third-order valence-corrected chi connectivity index (χ3v) is 2.11. The van der Waals surface area contributed by atoms with Crippen molar-refractivity contribution in [3.63, 3.8) is 0 Å².